The van der Waals surface area contributed by atoms with E-state index in [-0.39, 0.29) is 6.61 Å². The smallest absolute Gasteiger partial charge is 0.261 e. The third kappa shape index (κ3) is 5.38. The Labute approximate surface area is 85.8 Å². The SMILES string of the molecule is Cc1nc(CNCCOCC(F)F)no1. The van der Waals surface area contributed by atoms with Gasteiger partial charge in [0.1, 0.15) is 6.61 Å². The van der Waals surface area contributed by atoms with Crippen LogP contribution in [-0.4, -0.2) is 36.3 Å². The predicted octanol–water partition coefficient (Wildman–Crippen LogP) is 0.749. The Morgan fingerprint density at radius 2 is 2.33 bits per heavy atom. The highest BCUT2D eigenvalue weighted by Gasteiger charge is 2.02. The van der Waals surface area contributed by atoms with E-state index in [4.69, 9.17) is 4.52 Å². The minimum absolute atomic E-state index is 0.237. The number of halogens is 2. The molecule has 7 heteroatoms. The van der Waals surface area contributed by atoms with E-state index in [1.54, 1.807) is 6.92 Å². The summed E-state index contributed by atoms with van der Waals surface area (Å²) in [4.78, 5) is 3.96. The third-order valence-electron chi connectivity index (χ3n) is 1.52. The Morgan fingerprint density at radius 3 is 2.93 bits per heavy atom. The summed E-state index contributed by atoms with van der Waals surface area (Å²) in [5, 5.41) is 6.59. The maximum Gasteiger partial charge on any atom is 0.261 e. The lowest BCUT2D eigenvalue weighted by Crippen LogP contribution is -2.21. The van der Waals surface area contributed by atoms with Crippen molar-refractivity contribution in [3.63, 3.8) is 0 Å². The number of nitrogens with one attached hydrogen (secondary N) is 1. The molecule has 0 aromatic carbocycles. The molecule has 0 unspecified atom stereocenters. The van der Waals surface area contributed by atoms with E-state index in [0.717, 1.165) is 0 Å². The molecular formula is C8H13F2N3O2. The maximum absolute atomic E-state index is 11.6. The molecule has 0 aliphatic carbocycles. The first-order valence-electron chi connectivity index (χ1n) is 4.54. The van der Waals surface area contributed by atoms with Gasteiger partial charge < -0.3 is 14.6 Å². The molecule has 0 radical (unpaired) electrons. The van der Waals surface area contributed by atoms with Crippen LogP contribution in [0.5, 0.6) is 0 Å². The standard InChI is InChI=1S/C8H13F2N3O2/c1-6-12-8(13-15-6)4-11-2-3-14-5-7(9)10/h7,11H,2-5H2,1H3. The lowest BCUT2D eigenvalue weighted by molar-refractivity contribution is 0.0186. The van der Waals surface area contributed by atoms with Crippen molar-refractivity contribution in [2.75, 3.05) is 19.8 Å². The molecule has 1 aromatic rings. The van der Waals surface area contributed by atoms with Crippen LogP contribution in [0.25, 0.3) is 0 Å². The van der Waals surface area contributed by atoms with E-state index in [2.05, 4.69) is 20.2 Å². The molecule has 0 saturated heterocycles. The molecule has 0 amide bonds. The summed E-state index contributed by atoms with van der Waals surface area (Å²) in [6.07, 6.45) is -2.41. The van der Waals surface area contributed by atoms with Crippen LogP contribution in [0.4, 0.5) is 8.78 Å². The van der Waals surface area contributed by atoms with Gasteiger partial charge in [-0.1, -0.05) is 5.16 Å². The van der Waals surface area contributed by atoms with Crippen LogP contribution in [0, 0.1) is 6.92 Å². The maximum atomic E-state index is 11.6. The zero-order valence-electron chi connectivity index (χ0n) is 8.37. The van der Waals surface area contributed by atoms with Crippen molar-refractivity contribution >= 4 is 0 Å². The number of ether oxygens (including phenoxy) is 1. The average molecular weight is 221 g/mol. The molecular weight excluding hydrogens is 208 g/mol. The largest absolute Gasteiger partial charge is 0.374 e. The van der Waals surface area contributed by atoms with Gasteiger partial charge >= 0.3 is 0 Å². The van der Waals surface area contributed by atoms with Gasteiger partial charge in [-0.25, -0.2) is 8.78 Å². The molecule has 1 heterocycles. The van der Waals surface area contributed by atoms with Crippen LogP contribution in [0.2, 0.25) is 0 Å². The van der Waals surface area contributed by atoms with Crippen LogP contribution in [0.3, 0.4) is 0 Å². The minimum Gasteiger partial charge on any atom is -0.374 e. The fourth-order valence-corrected chi connectivity index (χ4v) is 0.930. The molecule has 5 nitrogen and oxygen atoms in total. The summed E-state index contributed by atoms with van der Waals surface area (Å²) in [5.74, 6) is 1.04. The zero-order valence-corrected chi connectivity index (χ0v) is 8.37. The lowest BCUT2D eigenvalue weighted by Gasteiger charge is -2.03. The highest BCUT2D eigenvalue weighted by molar-refractivity contribution is 4.82. The number of nitrogens with zero attached hydrogens (tertiary/aromatic N) is 2. The van der Waals surface area contributed by atoms with Gasteiger partial charge in [-0.2, -0.15) is 4.98 Å². The van der Waals surface area contributed by atoms with Gasteiger partial charge in [-0.3, -0.25) is 0 Å². The quantitative estimate of drug-likeness (QED) is 0.688. The normalized spacial score (nSPS) is 11.2. The third-order valence-corrected chi connectivity index (χ3v) is 1.52. The molecule has 0 saturated carbocycles. The Balaban J connectivity index is 1.98. The van der Waals surface area contributed by atoms with Gasteiger partial charge in [-0.15, -0.1) is 0 Å². The average Bonchev–Trinajstić information content (AvgIpc) is 2.57. The zero-order chi connectivity index (χ0) is 11.1. The second-order valence-electron chi connectivity index (χ2n) is 2.87. The Bertz CT molecular complexity index is 281. The van der Waals surface area contributed by atoms with Crippen molar-refractivity contribution in [1.29, 1.82) is 0 Å². The van der Waals surface area contributed by atoms with Crippen molar-refractivity contribution in [3.05, 3.63) is 11.7 Å². The fourth-order valence-electron chi connectivity index (χ4n) is 0.930. The van der Waals surface area contributed by atoms with E-state index in [1.165, 1.54) is 0 Å². The molecule has 15 heavy (non-hydrogen) atoms. The number of aromatic nitrogens is 2. The molecule has 1 N–H and O–H groups in total. The van der Waals surface area contributed by atoms with Gasteiger partial charge in [-0.05, 0) is 0 Å². The summed E-state index contributed by atoms with van der Waals surface area (Å²) >= 11 is 0. The number of alkyl halides is 2. The van der Waals surface area contributed by atoms with Crippen LogP contribution >= 0.6 is 0 Å². The van der Waals surface area contributed by atoms with Crippen molar-refractivity contribution in [3.8, 4) is 0 Å². The summed E-state index contributed by atoms with van der Waals surface area (Å²) in [6, 6.07) is 0. The molecule has 0 spiro atoms. The Kier molecular flexibility index (Phi) is 5.13. The topological polar surface area (TPSA) is 60.2 Å². The molecule has 0 fully saturated rings. The van der Waals surface area contributed by atoms with Gasteiger partial charge in [0.15, 0.2) is 5.82 Å². The number of aryl methyl sites for hydroxylation is 1. The highest BCUT2D eigenvalue weighted by atomic mass is 19.3. The number of hydrogen-bond donors (Lipinski definition) is 1. The number of rotatable bonds is 7. The molecule has 1 aromatic heterocycles. The second kappa shape index (κ2) is 6.41. The summed E-state index contributed by atoms with van der Waals surface area (Å²) < 4.78 is 32.7. The Morgan fingerprint density at radius 1 is 1.53 bits per heavy atom. The van der Waals surface area contributed by atoms with Crippen LogP contribution in [-0.2, 0) is 11.3 Å². The first-order valence-corrected chi connectivity index (χ1v) is 4.54. The first-order chi connectivity index (χ1) is 7.18. The predicted molar refractivity (Wildman–Crippen MR) is 47.6 cm³/mol. The highest BCUT2D eigenvalue weighted by Crippen LogP contribution is 1.94. The molecule has 1 rings (SSSR count). The molecule has 0 atom stereocenters. The van der Waals surface area contributed by atoms with E-state index in [0.29, 0.717) is 24.8 Å². The molecule has 0 aliphatic rings. The van der Waals surface area contributed by atoms with Crippen molar-refractivity contribution < 1.29 is 18.0 Å². The molecule has 0 aliphatic heterocycles. The van der Waals surface area contributed by atoms with Crippen LogP contribution < -0.4 is 5.32 Å². The summed E-state index contributed by atoms with van der Waals surface area (Å²) in [6.45, 7) is 2.32. The molecule has 0 bridgehead atoms. The van der Waals surface area contributed by atoms with Gasteiger partial charge in [0.2, 0.25) is 5.89 Å². The monoisotopic (exact) mass is 221 g/mol. The Hall–Kier alpha value is -1.08. The van der Waals surface area contributed by atoms with Gasteiger partial charge in [0.05, 0.1) is 13.2 Å². The van der Waals surface area contributed by atoms with Crippen molar-refractivity contribution in [1.82, 2.24) is 15.5 Å². The van der Waals surface area contributed by atoms with E-state index < -0.39 is 13.0 Å². The van der Waals surface area contributed by atoms with Gasteiger partial charge in [0.25, 0.3) is 6.43 Å². The summed E-state index contributed by atoms with van der Waals surface area (Å²) in [7, 11) is 0. The number of hydrogen-bond acceptors (Lipinski definition) is 5. The second-order valence-corrected chi connectivity index (χ2v) is 2.87. The van der Waals surface area contributed by atoms with Crippen LogP contribution in [0.15, 0.2) is 4.52 Å². The van der Waals surface area contributed by atoms with Crippen molar-refractivity contribution in [2.45, 2.75) is 19.9 Å². The van der Waals surface area contributed by atoms with E-state index >= 15 is 0 Å². The first kappa shape index (κ1) is 12.0. The fraction of sp³-hybridized carbons (Fsp3) is 0.750. The lowest BCUT2D eigenvalue weighted by atomic mass is 10.5. The van der Waals surface area contributed by atoms with E-state index in [9.17, 15) is 8.78 Å². The van der Waals surface area contributed by atoms with Crippen molar-refractivity contribution in [2.24, 2.45) is 0 Å². The van der Waals surface area contributed by atoms with Gasteiger partial charge in [0, 0.05) is 13.5 Å². The summed E-state index contributed by atoms with van der Waals surface area (Å²) in [5.41, 5.74) is 0. The minimum atomic E-state index is -2.41. The molecule has 86 valence electrons. The van der Waals surface area contributed by atoms with Crippen LogP contribution in [0.1, 0.15) is 11.7 Å². The van der Waals surface area contributed by atoms with E-state index in [1.807, 2.05) is 0 Å².